The Morgan fingerprint density at radius 1 is 1.33 bits per heavy atom. The molecule has 4 heteroatoms. The number of hydrogen-bond acceptors (Lipinski definition) is 3. The van der Waals surface area contributed by atoms with Crippen LogP contribution in [0.5, 0.6) is 0 Å². The standard InChI is InChI=1S/C14H19N3O/c1-16-6-5-15-9-13(16)10-3-4-12-11(7-10)8-14(18)17(12)2/h3-4,7,13,15H,5-6,8-9H2,1-2H3. The molecule has 0 aromatic heterocycles. The monoisotopic (exact) mass is 245 g/mol. The first kappa shape index (κ1) is 11.7. The molecule has 1 saturated heterocycles. The summed E-state index contributed by atoms with van der Waals surface area (Å²) >= 11 is 0. The van der Waals surface area contributed by atoms with Crippen molar-refractivity contribution in [3.05, 3.63) is 29.3 Å². The summed E-state index contributed by atoms with van der Waals surface area (Å²) in [6, 6.07) is 6.86. The molecule has 1 N–H and O–H groups in total. The fourth-order valence-electron chi connectivity index (χ4n) is 2.88. The quantitative estimate of drug-likeness (QED) is 0.794. The van der Waals surface area contributed by atoms with Crippen molar-refractivity contribution in [2.24, 2.45) is 0 Å². The number of fused-ring (bicyclic) bond motifs is 1. The predicted octanol–water partition coefficient (Wildman–Crippen LogP) is 0.782. The molecule has 0 aliphatic carbocycles. The van der Waals surface area contributed by atoms with E-state index in [4.69, 9.17) is 0 Å². The number of hydrogen-bond donors (Lipinski definition) is 1. The molecular weight excluding hydrogens is 226 g/mol. The van der Waals surface area contributed by atoms with Gasteiger partial charge in [-0.25, -0.2) is 0 Å². The maximum absolute atomic E-state index is 11.7. The Bertz CT molecular complexity index is 486. The summed E-state index contributed by atoms with van der Waals surface area (Å²) < 4.78 is 0. The van der Waals surface area contributed by atoms with E-state index in [1.807, 2.05) is 7.05 Å². The van der Waals surface area contributed by atoms with Crippen LogP contribution in [0.2, 0.25) is 0 Å². The predicted molar refractivity (Wildman–Crippen MR) is 71.8 cm³/mol. The maximum atomic E-state index is 11.7. The molecule has 1 fully saturated rings. The molecule has 0 bridgehead atoms. The summed E-state index contributed by atoms with van der Waals surface area (Å²) in [5, 5.41) is 3.43. The number of amides is 1. The molecule has 0 radical (unpaired) electrons. The van der Waals surface area contributed by atoms with E-state index in [0.29, 0.717) is 12.5 Å². The van der Waals surface area contributed by atoms with E-state index in [0.717, 1.165) is 25.3 Å². The number of piperazine rings is 1. The van der Waals surface area contributed by atoms with Gasteiger partial charge in [-0.1, -0.05) is 12.1 Å². The number of nitrogens with zero attached hydrogens (tertiary/aromatic N) is 2. The highest BCUT2D eigenvalue weighted by Gasteiger charge is 2.26. The summed E-state index contributed by atoms with van der Waals surface area (Å²) in [7, 11) is 4.01. The molecule has 3 rings (SSSR count). The topological polar surface area (TPSA) is 35.6 Å². The lowest BCUT2D eigenvalue weighted by atomic mass is 10.00. The largest absolute Gasteiger partial charge is 0.315 e. The number of carbonyl (C=O) groups is 1. The highest BCUT2D eigenvalue weighted by Crippen LogP contribution is 2.31. The van der Waals surface area contributed by atoms with Crippen LogP contribution in [0.25, 0.3) is 0 Å². The number of anilines is 1. The van der Waals surface area contributed by atoms with Gasteiger partial charge in [0.2, 0.25) is 5.91 Å². The summed E-state index contributed by atoms with van der Waals surface area (Å²) in [4.78, 5) is 15.8. The summed E-state index contributed by atoms with van der Waals surface area (Å²) in [5.41, 5.74) is 3.54. The number of rotatable bonds is 1. The zero-order chi connectivity index (χ0) is 12.7. The Kier molecular flexibility index (Phi) is 2.84. The van der Waals surface area contributed by atoms with Crippen LogP contribution in [0, 0.1) is 0 Å². The normalized spacial score (nSPS) is 24.4. The molecule has 4 nitrogen and oxygen atoms in total. The third-order valence-corrected chi connectivity index (χ3v) is 4.08. The van der Waals surface area contributed by atoms with Crippen LogP contribution in [0.15, 0.2) is 18.2 Å². The lowest BCUT2D eigenvalue weighted by molar-refractivity contribution is -0.117. The highest BCUT2D eigenvalue weighted by atomic mass is 16.2. The molecule has 2 heterocycles. The van der Waals surface area contributed by atoms with Crippen molar-refractivity contribution in [3.63, 3.8) is 0 Å². The van der Waals surface area contributed by atoms with Crippen LogP contribution in [0.3, 0.4) is 0 Å². The highest BCUT2D eigenvalue weighted by molar-refractivity contribution is 6.00. The second-order valence-electron chi connectivity index (χ2n) is 5.22. The van der Waals surface area contributed by atoms with Crippen molar-refractivity contribution >= 4 is 11.6 Å². The lowest BCUT2D eigenvalue weighted by Gasteiger charge is -2.33. The number of likely N-dealkylation sites (N-methyl/N-ethyl adjacent to an activating group) is 2. The van der Waals surface area contributed by atoms with E-state index in [1.54, 1.807) is 4.90 Å². The van der Waals surface area contributed by atoms with E-state index in [9.17, 15) is 4.79 Å². The Morgan fingerprint density at radius 2 is 2.17 bits per heavy atom. The van der Waals surface area contributed by atoms with Gasteiger partial charge in [0.1, 0.15) is 0 Å². The van der Waals surface area contributed by atoms with E-state index in [1.165, 1.54) is 11.1 Å². The van der Waals surface area contributed by atoms with Gasteiger partial charge < -0.3 is 10.2 Å². The average Bonchev–Trinajstić information content (AvgIpc) is 2.65. The Hall–Kier alpha value is -1.39. The number of benzene rings is 1. The second kappa shape index (κ2) is 4.37. The van der Waals surface area contributed by atoms with Gasteiger partial charge in [-0.2, -0.15) is 0 Å². The minimum Gasteiger partial charge on any atom is -0.315 e. The van der Waals surface area contributed by atoms with Crippen LogP contribution >= 0.6 is 0 Å². The van der Waals surface area contributed by atoms with Gasteiger partial charge in [-0.05, 0) is 24.2 Å². The van der Waals surface area contributed by atoms with Gasteiger partial charge in [0.05, 0.1) is 6.42 Å². The Morgan fingerprint density at radius 3 is 2.94 bits per heavy atom. The Balaban J connectivity index is 1.91. The van der Waals surface area contributed by atoms with Gasteiger partial charge in [0.15, 0.2) is 0 Å². The van der Waals surface area contributed by atoms with Crippen LogP contribution in [-0.2, 0) is 11.2 Å². The summed E-state index contributed by atoms with van der Waals surface area (Å²) in [6.07, 6.45) is 0.545. The fourth-order valence-corrected chi connectivity index (χ4v) is 2.88. The molecule has 2 aliphatic heterocycles. The van der Waals surface area contributed by atoms with E-state index in [2.05, 4.69) is 35.5 Å². The first-order valence-electron chi connectivity index (χ1n) is 6.47. The zero-order valence-electron chi connectivity index (χ0n) is 10.9. The second-order valence-corrected chi connectivity index (χ2v) is 5.22. The minimum atomic E-state index is 0.192. The van der Waals surface area contributed by atoms with Gasteiger partial charge in [-0.3, -0.25) is 9.69 Å². The van der Waals surface area contributed by atoms with Crippen molar-refractivity contribution in [1.82, 2.24) is 10.2 Å². The van der Waals surface area contributed by atoms with E-state index in [-0.39, 0.29) is 5.91 Å². The molecule has 96 valence electrons. The fraction of sp³-hybridized carbons (Fsp3) is 0.500. The molecule has 1 aromatic carbocycles. The van der Waals surface area contributed by atoms with Crippen LogP contribution in [0.1, 0.15) is 17.2 Å². The third-order valence-electron chi connectivity index (χ3n) is 4.08. The molecule has 1 aromatic rings. The van der Waals surface area contributed by atoms with Crippen molar-refractivity contribution < 1.29 is 4.79 Å². The van der Waals surface area contributed by atoms with E-state index >= 15 is 0 Å². The average molecular weight is 245 g/mol. The first-order valence-corrected chi connectivity index (χ1v) is 6.47. The smallest absolute Gasteiger partial charge is 0.231 e. The number of nitrogens with one attached hydrogen (secondary N) is 1. The maximum Gasteiger partial charge on any atom is 0.231 e. The molecule has 1 unspecified atom stereocenters. The summed E-state index contributed by atoms with van der Waals surface area (Å²) in [5.74, 6) is 0.192. The minimum absolute atomic E-state index is 0.192. The van der Waals surface area contributed by atoms with Gasteiger partial charge in [-0.15, -0.1) is 0 Å². The van der Waals surface area contributed by atoms with Gasteiger partial charge >= 0.3 is 0 Å². The number of carbonyl (C=O) groups excluding carboxylic acids is 1. The zero-order valence-corrected chi connectivity index (χ0v) is 10.9. The van der Waals surface area contributed by atoms with Crippen molar-refractivity contribution in [3.8, 4) is 0 Å². The van der Waals surface area contributed by atoms with Crippen molar-refractivity contribution in [1.29, 1.82) is 0 Å². The van der Waals surface area contributed by atoms with Crippen molar-refractivity contribution in [2.75, 3.05) is 38.6 Å². The van der Waals surface area contributed by atoms with Crippen LogP contribution in [-0.4, -0.2) is 44.5 Å². The molecule has 18 heavy (non-hydrogen) atoms. The van der Waals surface area contributed by atoms with Gasteiger partial charge in [0.25, 0.3) is 0 Å². The van der Waals surface area contributed by atoms with E-state index < -0.39 is 0 Å². The summed E-state index contributed by atoms with van der Waals surface area (Å²) in [6.45, 7) is 3.11. The molecule has 0 spiro atoms. The van der Waals surface area contributed by atoms with Crippen molar-refractivity contribution in [2.45, 2.75) is 12.5 Å². The molecule has 1 amide bonds. The molecular formula is C14H19N3O. The van der Waals surface area contributed by atoms with Crippen LogP contribution < -0.4 is 10.2 Å². The van der Waals surface area contributed by atoms with Gasteiger partial charge in [0, 0.05) is 38.4 Å². The SMILES string of the molecule is CN1C(=O)Cc2cc(C3CNCCN3C)ccc21. The Labute approximate surface area is 108 Å². The molecule has 0 saturated carbocycles. The third kappa shape index (κ3) is 1.82. The first-order chi connectivity index (χ1) is 8.66. The molecule has 1 atom stereocenters. The molecule has 2 aliphatic rings. The lowest BCUT2D eigenvalue weighted by Crippen LogP contribution is -2.43. The van der Waals surface area contributed by atoms with Crippen LogP contribution in [0.4, 0.5) is 5.69 Å².